The number of rotatable bonds is 5. The van der Waals surface area contributed by atoms with Crippen LogP contribution in [0.4, 0.5) is 5.82 Å². The number of esters is 1. The molecular formula is C32H35N3O9. The fraction of sp³-hybridized carbons (Fsp3) is 0.438. The standard InChI is InChI=1S/C32H35N3O9/c1-30(2)39-18-21-23(41-30)24-25(43-31(3,4)42-24)32(5,44-27(37)20-14-10-7-11-15-20)28(40-21)35-17-16-22(34-29(35)38)33-26(36)19-12-8-6-9-13-19/h6-17,21,23-25,28H,18H2,1-5H3,(H,33,34,36,38)/t21?,23-,24-,25?,28+,32?/m0/s1. The van der Waals surface area contributed by atoms with Crippen LogP contribution in [0.1, 0.15) is 61.6 Å². The highest BCUT2D eigenvalue weighted by Gasteiger charge is 2.65. The molecule has 1 amide bonds. The maximum Gasteiger partial charge on any atom is 0.351 e. The van der Waals surface area contributed by atoms with Crippen LogP contribution in [-0.4, -0.2) is 69.6 Å². The average Bonchev–Trinajstić information content (AvgIpc) is 3.29. The van der Waals surface area contributed by atoms with Gasteiger partial charge in [0.25, 0.3) is 5.91 Å². The van der Waals surface area contributed by atoms with Crippen LogP contribution in [0.2, 0.25) is 0 Å². The summed E-state index contributed by atoms with van der Waals surface area (Å²) in [6, 6.07) is 18.5. The van der Waals surface area contributed by atoms with Crippen LogP contribution in [-0.2, 0) is 28.4 Å². The lowest BCUT2D eigenvalue weighted by Gasteiger charge is -2.42. The van der Waals surface area contributed by atoms with E-state index in [1.807, 2.05) is 0 Å². The quantitative estimate of drug-likeness (QED) is 0.429. The van der Waals surface area contributed by atoms with Crippen molar-refractivity contribution in [3.8, 4) is 0 Å². The van der Waals surface area contributed by atoms with E-state index < -0.39 is 65.4 Å². The molecule has 1 N–H and O–H groups in total. The van der Waals surface area contributed by atoms with Crippen LogP contribution in [0.25, 0.3) is 0 Å². The van der Waals surface area contributed by atoms with Crippen molar-refractivity contribution in [3.63, 3.8) is 0 Å². The summed E-state index contributed by atoms with van der Waals surface area (Å²) < 4.78 is 39.1. The Labute approximate surface area is 254 Å². The molecule has 12 nitrogen and oxygen atoms in total. The molecular weight excluding hydrogens is 570 g/mol. The summed E-state index contributed by atoms with van der Waals surface area (Å²) >= 11 is 0. The third-order valence-corrected chi connectivity index (χ3v) is 7.88. The summed E-state index contributed by atoms with van der Waals surface area (Å²) in [7, 11) is 0. The van der Waals surface area contributed by atoms with Crippen molar-refractivity contribution in [1.82, 2.24) is 9.55 Å². The predicted molar refractivity (Wildman–Crippen MR) is 156 cm³/mol. The van der Waals surface area contributed by atoms with Crippen molar-refractivity contribution in [2.24, 2.45) is 0 Å². The van der Waals surface area contributed by atoms with E-state index in [9.17, 15) is 14.4 Å². The van der Waals surface area contributed by atoms with Crippen LogP contribution in [0.15, 0.2) is 77.7 Å². The zero-order valence-corrected chi connectivity index (χ0v) is 25.1. The van der Waals surface area contributed by atoms with Gasteiger partial charge in [0.05, 0.1) is 12.2 Å². The second-order valence-corrected chi connectivity index (χ2v) is 12.1. The van der Waals surface area contributed by atoms with Crippen LogP contribution >= 0.6 is 0 Å². The number of nitrogens with one attached hydrogen (secondary N) is 1. The first-order valence-electron chi connectivity index (χ1n) is 14.4. The molecule has 6 atom stereocenters. The van der Waals surface area contributed by atoms with Crippen LogP contribution in [0, 0.1) is 0 Å². The SMILES string of the molecule is CC1(C)OC2[C@@H](O1)[C@H]1OC(C)(C)OCC1O[C@@H](n1ccc(NC(=O)c3ccccc3)nc1=O)C2(C)OC(=O)c1ccccc1. The van der Waals surface area contributed by atoms with Gasteiger partial charge in [-0.2, -0.15) is 4.98 Å². The molecule has 6 rings (SSSR count). The second-order valence-electron chi connectivity index (χ2n) is 12.1. The number of fused-ring (bicyclic) bond motifs is 3. The summed E-state index contributed by atoms with van der Waals surface area (Å²) in [6.07, 6.45) is -2.96. The van der Waals surface area contributed by atoms with Gasteiger partial charge >= 0.3 is 11.7 Å². The molecule has 0 aliphatic carbocycles. The molecule has 3 fully saturated rings. The number of hydrogen-bond acceptors (Lipinski definition) is 10. The molecule has 3 aromatic rings. The molecule has 4 heterocycles. The Balaban J connectivity index is 1.42. The van der Waals surface area contributed by atoms with Gasteiger partial charge in [0.15, 0.2) is 23.4 Å². The summed E-state index contributed by atoms with van der Waals surface area (Å²) in [5.74, 6) is -3.07. The maximum atomic E-state index is 13.6. The molecule has 0 spiro atoms. The number of carbonyl (C=O) groups excluding carboxylic acids is 2. The van der Waals surface area contributed by atoms with Crippen LogP contribution in [0.3, 0.4) is 0 Å². The summed E-state index contributed by atoms with van der Waals surface area (Å²) in [6.45, 7) is 8.84. The smallest absolute Gasteiger partial charge is 0.351 e. The minimum Gasteiger partial charge on any atom is -0.448 e. The van der Waals surface area contributed by atoms with Crippen molar-refractivity contribution >= 4 is 17.7 Å². The number of hydrogen-bond donors (Lipinski definition) is 1. The van der Waals surface area contributed by atoms with Gasteiger partial charge in [-0.05, 0) is 65.0 Å². The molecule has 44 heavy (non-hydrogen) atoms. The second kappa shape index (κ2) is 11.2. The van der Waals surface area contributed by atoms with Gasteiger partial charge in [0, 0.05) is 11.8 Å². The number of aromatic nitrogens is 2. The lowest BCUT2D eigenvalue weighted by molar-refractivity contribution is -0.334. The number of anilines is 1. The Morgan fingerprint density at radius 1 is 0.864 bits per heavy atom. The van der Waals surface area contributed by atoms with E-state index in [2.05, 4.69) is 10.3 Å². The number of benzene rings is 2. The first kappa shape index (κ1) is 30.1. The molecule has 0 saturated carbocycles. The Morgan fingerprint density at radius 3 is 2.16 bits per heavy atom. The number of carbonyl (C=O) groups is 2. The molecule has 3 aliphatic heterocycles. The average molecular weight is 606 g/mol. The molecule has 3 unspecified atom stereocenters. The zero-order valence-electron chi connectivity index (χ0n) is 25.1. The number of amides is 1. The monoisotopic (exact) mass is 605 g/mol. The van der Waals surface area contributed by atoms with Gasteiger partial charge in [-0.25, -0.2) is 9.59 Å². The molecule has 0 radical (unpaired) electrons. The van der Waals surface area contributed by atoms with Gasteiger partial charge in [0.1, 0.15) is 30.2 Å². The largest absolute Gasteiger partial charge is 0.448 e. The highest BCUT2D eigenvalue weighted by Crippen LogP contribution is 2.48. The predicted octanol–water partition coefficient (Wildman–Crippen LogP) is 3.68. The Morgan fingerprint density at radius 2 is 1.50 bits per heavy atom. The van der Waals surface area contributed by atoms with E-state index in [0.29, 0.717) is 11.1 Å². The third kappa shape index (κ3) is 5.78. The van der Waals surface area contributed by atoms with E-state index in [0.717, 1.165) is 0 Å². The summed E-state index contributed by atoms with van der Waals surface area (Å²) in [5.41, 5.74) is -1.69. The van der Waals surface area contributed by atoms with E-state index >= 15 is 0 Å². The Kier molecular flexibility index (Phi) is 7.67. The van der Waals surface area contributed by atoms with Gasteiger partial charge < -0.3 is 33.7 Å². The lowest BCUT2D eigenvalue weighted by Crippen LogP contribution is -2.58. The van der Waals surface area contributed by atoms with Crippen molar-refractivity contribution in [3.05, 3.63) is 94.5 Å². The molecule has 2 aromatic carbocycles. The minimum absolute atomic E-state index is 0.0418. The molecule has 0 bridgehead atoms. The van der Waals surface area contributed by atoms with Crippen molar-refractivity contribution in [2.75, 3.05) is 11.9 Å². The summed E-state index contributed by atoms with van der Waals surface area (Å²) in [4.78, 5) is 44.1. The van der Waals surface area contributed by atoms with E-state index in [1.165, 1.54) is 16.8 Å². The lowest BCUT2D eigenvalue weighted by atomic mass is 9.89. The topological polar surface area (TPSA) is 136 Å². The van der Waals surface area contributed by atoms with Crippen molar-refractivity contribution in [1.29, 1.82) is 0 Å². The van der Waals surface area contributed by atoms with Crippen molar-refractivity contribution < 1.29 is 38.0 Å². The Bertz CT molecular complexity index is 1590. The molecule has 3 aliphatic rings. The van der Waals surface area contributed by atoms with E-state index in [-0.39, 0.29) is 12.4 Å². The van der Waals surface area contributed by atoms with Crippen molar-refractivity contribution in [2.45, 2.75) is 82.4 Å². The molecule has 232 valence electrons. The normalized spacial score (nSPS) is 30.3. The van der Waals surface area contributed by atoms with Gasteiger partial charge in [-0.15, -0.1) is 0 Å². The van der Waals surface area contributed by atoms with Gasteiger partial charge in [0.2, 0.25) is 0 Å². The van der Waals surface area contributed by atoms with Crippen LogP contribution < -0.4 is 11.0 Å². The highest BCUT2D eigenvalue weighted by atomic mass is 16.8. The van der Waals surface area contributed by atoms with E-state index in [4.69, 9.17) is 28.4 Å². The Hall–Kier alpha value is -3.94. The van der Waals surface area contributed by atoms with Gasteiger partial charge in [-0.1, -0.05) is 36.4 Å². The minimum atomic E-state index is -1.64. The zero-order chi connectivity index (χ0) is 31.3. The third-order valence-electron chi connectivity index (χ3n) is 7.88. The molecule has 1 aromatic heterocycles. The summed E-state index contributed by atoms with van der Waals surface area (Å²) in [5, 5.41) is 2.64. The highest BCUT2D eigenvalue weighted by molar-refractivity contribution is 6.03. The fourth-order valence-electron chi connectivity index (χ4n) is 5.85. The molecule has 3 saturated heterocycles. The molecule has 12 heteroatoms. The first-order valence-corrected chi connectivity index (χ1v) is 14.4. The maximum absolute atomic E-state index is 13.6. The van der Waals surface area contributed by atoms with Gasteiger partial charge in [-0.3, -0.25) is 9.36 Å². The fourth-order valence-corrected chi connectivity index (χ4v) is 5.85. The van der Waals surface area contributed by atoms with E-state index in [1.54, 1.807) is 95.3 Å². The number of nitrogens with zero attached hydrogens (tertiary/aromatic N) is 2. The number of ether oxygens (including phenoxy) is 6. The first-order chi connectivity index (χ1) is 20.9. The van der Waals surface area contributed by atoms with Crippen LogP contribution in [0.5, 0.6) is 0 Å².